The third kappa shape index (κ3) is 5.38. The molecule has 1 N–H and O–H groups in total. The summed E-state index contributed by atoms with van der Waals surface area (Å²) in [5, 5.41) is 9.94. The number of ether oxygens (including phenoxy) is 2. The highest BCUT2D eigenvalue weighted by Gasteiger charge is 2.38. The Balaban J connectivity index is 2.21. The van der Waals surface area contributed by atoms with Crippen molar-refractivity contribution in [1.29, 1.82) is 0 Å². The lowest BCUT2D eigenvalue weighted by Crippen LogP contribution is -2.42. The molecule has 3 rings (SSSR count). The molecular formula is C24H28ClNO5. The maximum absolute atomic E-state index is 13.4. The minimum atomic E-state index is -1.14. The quantitative estimate of drug-likeness (QED) is 0.643. The van der Waals surface area contributed by atoms with Gasteiger partial charge in [0.1, 0.15) is 18.0 Å². The molecule has 2 aromatic carbocycles. The SMILES string of the molecule is CC(C)CN1C(=O)[C@H](CC(=O)O)O[C@@H](c2ccccc2OC(C)C)c2cc(Cl)ccc21. The normalized spacial score (nSPS) is 18.8. The van der Waals surface area contributed by atoms with Gasteiger partial charge >= 0.3 is 5.97 Å². The van der Waals surface area contributed by atoms with E-state index in [1.807, 2.05) is 52.0 Å². The Morgan fingerprint density at radius 2 is 1.87 bits per heavy atom. The Labute approximate surface area is 187 Å². The number of nitrogens with zero attached hydrogens (tertiary/aromatic N) is 1. The van der Waals surface area contributed by atoms with Gasteiger partial charge in [0, 0.05) is 28.4 Å². The molecule has 0 saturated carbocycles. The molecule has 1 heterocycles. The molecule has 166 valence electrons. The molecule has 31 heavy (non-hydrogen) atoms. The van der Waals surface area contributed by atoms with Gasteiger partial charge in [-0.25, -0.2) is 0 Å². The summed E-state index contributed by atoms with van der Waals surface area (Å²) in [6.07, 6.45) is -2.35. The number of fused-ring (bicyclic) bond motifs is 1. The van der Waals surface area contributed by atoms with Gasteiger partial charge in [0.2, 0.25) is 0 Å². The molecule has 0 fully saturated rings. The van der Waals surface area contributed by atoms with Gasteiger partial charge in [0.25, 0.3) is 5.91 Å². The Kier molecular flexibility index (Phi) is 7.23. The fourth-order valence-corrected chi connectivity index (χ4v) is 3.90. The molecule has 0 saturated heterocycles. The number of aliphatic carboxylic acids is 1. The van der Waals surface area contributed by atoms with Crippen LogP contribution in [0.2, 0.25) is 5.02 Å². The lowest BCUT2D eigenvalue weighted by atomic mass is 9.98. The van der Waals surface area contributed by atoms with E-state index in [1.165, 1.54) is 0 Å². The Morgan fingerprint density at radius 3 is 2.52 bits per heavy atom. The summed E-state index contributed by atoms with van der Waals surface area (Å²) in [4.78, 5) is 26.5. The van der Waals surface area contributed by atoms with Crippen LogP contribution in [0.15, 0.2) is 42.5 Å². The van der Waals surface area contributed by atoms with Crippen molar-refractivity contribution in [3.8, 4) is 5.75 Å². The second kappa shape index (κ2) is 9.71. The number of amides is 1. The van der Waals surface area contributed by atoms with Crippen LogP contribution in [0, 0.1) is 5.92 Å². The summed E-state index contributed by atoms with van der Waals surface area (Å²) >= 11 is 6.33. The van der Waals surface area contributed by atoms with Crippen LogP contribution in [0.3, 0.4) is 0 Å². The third-order valence-electron chi connectivity index (χ3n) is 4.88. The number of hydrogen-bond acceptors (Lipinski definition) is 4. The number of para-hydroxylation sites is 1. The first kappa shape index (κ1) is 23.1. The monoisotopic (exact) mass is 445 g/mol. The largest absolute Gasteiger partial charge is 0.491 e. The number of carbonyl (C=O) groups excluding carboxylic acids is 1. The fraction of sp³-hybridized carbons (Fsp3) is 0.417. The standard InChI is InChI=1S/C24H28ClNO5/c1-14(2)13-26-19-10-9-16(25)11-18(19)23(31-21(24(26)29)12-22(27)28)17-7-5-6-8-20(17)30-15(3)4/h5-11,14-15,21,23H,12-13H2,1-4H3,(H,27,28)/t21-,23-/m0/s1. The van der Waals surface area contributed by atoms with E-state index in [1.54, 1.807) is 23.1 Å². The summed E-state index contributed by atoms with van der Waals surface area (Å²) in [6.45, 7) is 8.30. The van der Waals surface area contributed by atoms with Crippen LogP contribution in [-0.4, -0.2) is 35.7 Å². The minimum Gasteiger partial charge on any atom is -0.491 e. The summed E-state index contributed by atoms with van der Waals surface area (Å²) in [5.41, 5.74) is 2.09. The first-order valence-electron chi connectivity index (χ1n) is 10.4. The van der Waals surface area contributed by atoms with Crippen LogP contribution < -0.4 is 9.64 Å². The van der Waals surface area contributed by atoms with Crippen LogP contribution in [0.4, 0.5) is 5.69 Å². The number of halogens is 1. The molecule has 2 aromatic rings. The molecular weight excluding hydrogens is 418 g/mol. The molecule has 1 aliphatic rings. The topological polar surface area (TPSA) is 76.1 Å². The molecule has 0 bridgehead atoms. The zero-order chi connectivity index (χ0) is 22.7. The molecule has 7 heteroatoms. The highest BCUT2D eigenvalue weighted by Crippen LogP contribution is 2.43. The first-order chi connectivity index (χ1) is 14.7. The van der Waals surface area contributed by atoms with Gasteiger partial charge in [-0.15, -0.1) is 0 Å². The maximum Gasteiger partial charge on any atom is 0.306 e. The van der Waals surface area contributed by atoms with Crippen LogP contribution in [-0.2, 0) is 14.3 Å². The Hall–Kier alpha value is -2.57. The number of carboxylic acid groups (broad SMARTS) is 1. The number of rotatable bonds is 7. The average Bonchev–Trinajstić information content (AvgIpc) is 2.78. The van der Waals surface area contributed by atoms with E-state index in [9.17, 15) is 14.7 Å². The number of benzene rings is 2. The fourth-order valence-electron chi connectivity index (χ4n) is 3.72. The van der Waals surface area contributed by atoms with E-state index < -0.39 is 24.6 Å². The van der Waals surface area contributed by atoms with Crippen LogP contribution in [0.1, 0.15) is 51.3 Å². The van der Waals surface area contributed by atoms with E-state index >= 15 is 0 Å². The predicted octanol–water partition coefficient (Wildman–Crippen LogP) is 5.08. The van der Waals surface area contributed by atoms with Crippen molar-refractivity contribution < 1.29 is 24.2 Å². The number of hydrogen-bond donors (Lipinski definition) is 1. The van der Waals surface area contributed by atoms with Gasteiger partial charge in [-0.05, 0) is 44.0 Å². The summed E-state index contributed by atoms with van der Waals surface area (Å²) in [6, 6.07) is 12.7. The number of carbonyl (C=O) groups is 2. The predicted molar refractivity (Wildman–Crippen MR) is 120 cm³/mol. The molecule has 2 atom stereocenters. The molecule has 0 spiro atoms. The van der Waals surface area contributed by atoms with Gasteiger partial charge in [-0.1, -0.05) is 43.6 Å². The van der Waals surface area contributed by atoms with E-state index in [4.69, 9.17) is 21.1 Å². The molecule has 6 nitrogen and oxygen atoms in total. The van der Waals surface area contributed by atoms with Crippen molar-refractivity contribution in [2.24, 2.45) is 5.92 Å². The molecule has 0 aromatic heterocycles. The summed E-state index contributed by atoms with van der Waals surface area (Å²) in [7, 11) is 0. The summed E-state index contributed by atoms with van der Waals surface area (Å²) in [5.74, 6) is -0.681. The Morgan fingerprint density at radius 1 is 1.16 bits per heavy atom. The number of carboxylic acids is 1. The van der Waals surface area contributed by atoms with Crippen molar-refractivity contribution >= 4 is 29.2 Å². The van der Waals surface area contributed by atoms with Crippen LogP contribution in [0.25, 0.3) is 0 Å². The third-order valence-corrected chi connectivity index (χ3v) is 5.11. The van der Waals surface area contributed by atoms with Crippen molar-refractivity contribution in [2.45, 2.75) is 52.4 Å². The van der Waals surface area contributed by atoms with Gasteiger partial charge in [0.05, 0.1) is 12.5 Å². The van der Waals surface area contributed by atoms with Gasteiger partial charge in [0.15, 0.2) is 0 Å². The minimum absolute atomic E-state index is 0.0698. The average molecular weight is 446 g/mol. The van der Waals surface area contributed by atoms with Gasteiger partial charge < -0.3 is 19.5 Å². The van der Waals surface area contributed by atoms with E-state index in [2.05, 4.69) is 0 Å². The Bertz CT molecular complexity index is 959. The lowest BCUT2D eigenvalue weighted by Gasteiger charge is -2.26. The van der Waals surface area contributed by atoms with Crippen molar-refractivity contribution in [3.63, 3.8) is 0 Å². The second-order valence-corrected chi connectivity index (χ2v) is 8.79. The van der Waals surface area contributed by atoms with Crippen LogP contribution >= 0.6 is 11.6 Å². The van der Waals surface area contributed by atoms with Crippen molar-refractivity contribution in [2.75, 3.05) is 11.4 Å². The zero-order valence-corrected chi connectivity index (χ0v) is 18.9. The molecule has 0 radical (unpaired) electrons. The van der Waals surface area contributed by atoms with Crippen molar-refractivity contribution in [3.05, 3.63) is 58.6 Å². The van der Waals surface area contributed by atoms with Crippen molar-refractivity contribution in [1.82, 2.24) is 0 Å². The van der Waals surface area contributed by atoms with Gasteiger partial charge in [-0.3, -0.25) is 9.59 Å². The maximum atomic E-state index is 13.4. The smallest absolute Gasteiger partial charge is 0.306 e. The first-order valence-corrected chi connectivity index (χ1v) is 10.8. The lowest BCUT2D eigenvalue weighted by molar-refractivity contribution is -0.147. The van der Waals surface area contributed by atoms with Gasteiger partial charge in [-0.2, -0.15) is 0 Å². The molecule has 1 amide bonds. The molecule has 0 aliphatic carbocycles. The molecule has 1 aliphatic heterocycles. The molecule has 0 unspecified atom stereocenters. The highest BCUT2D eigenvalue weighted by molar-refractivity contribution is 6.30. The van der Waals surface area contributed by atoms with Crippen LogP contribution in [0.5, 0.6) is 5.75 Å². The summed E-state index contributed by atoms with van der Waals surface area (Å²) < 4.78 is 12.2. The number of anilines is 1. The van der Waals surface area contributed by atoms with E-state index in [-0.39, 0.29) is 17.9 Å². The van der Waals surface area contributed by atoms with E-state index in [0.717, 1.165) is 0 Å². The zero-order valence-electron chi connectivity index (χ0n) is 18.2. The second-order valence-electron chi connectivity index (χ2n) is 8.35. The van der Waals surface area contributed by atoms with E-state index in [0.29, 0.717) is 34.1 Å². The highest BCUT2D eigenvalue weighted by atomic mass is 35.5.